The molecular formula is C29H44Cl2N4O5S. The van der Waals surface area contributed by atoms with Gasteiger partial charge in [0.25, 0.3) is 0 Å². The third-order valence-electron chi connectivity index (χ3n) is 7.02. The van der Waals surface area contributed by atoms with Gasteiger partial charge in [-0.3, -0.25) is 0 Å². The molecule has 3 rings (SSSR count). The summed E-state index contributed by atoms with van der Waals surface area (Å²) in [6, 6.07) is 3.10. The molecular weight excluding hydrogens is 587 g/mol. The number of carbonyl (C=O) groups is 2. The molecule has 1 N–H and O–H groups in total. The smallest absolute Gasteiger partial charge is 0.410 e. The van der Waals surface area contributed by atoms with Crippen LogP contribution in [0.25, 0.3) is 0 Å². The third kappa shape index (κ3) is 9.32. The number of urea groups is 1. The van der Waals surface area contributed by atoms with Gasteiger partial charge in [-0.05, 0) is 66.4 Å². The lowest BCUT2D eigenvalue weighted by molar-refractivity contribution is 0.0152. The van der Waals surface area contributed by atoms with Gasteiger partial charge < -0.3 is 28.7 Å². The molecule has 2 unspecified atom stereocenters. The second kappa shape index (κ2) is 14.1. The Hall–Kier alpha value is -1.85. The van der Waals surface area contributed by atoms with Gasteiger partial charge in [-0.1, -0.05) is 35.9 Å². The topological polar surface area (TPSA) is 97.4 Å². The highest BCUT2D eigenvalue weighted by molar-refractivity contribution is 7.90. The van der Waals surface area contributed by atoms with Gasteiger partial charge in [0.1, 0.15) is 22.7 Å². The molecule has 12 heteroatoms. The zero-order valence-electron chi connectivity index (χ0n) is 25.0. The molecule has 9 nitrogen and oxygen atoms in total. The molecule has 0 spiro atoms. The first-order valence-electron chi connectivity index (χ1n) is 14.0. The minimum Gasteiger partial charge on any atom is -0.598 e. The Morgan fingerprint density at radius 3 is 2.10 bits per heavy atom. The number of hydrogen-bond donors (Lipinski definition) is 1. The van der Waals surface area contributed by atoms with E-state index < -0.39 is 21.7 Å². The van der Waals surface area contributed by atoms with Gasteiger partial charge in [-0.25, -0.2) is 9.59 Å². The first-order chi connectivity index (χ1) is 19.1. The fourth-order valence-electron chi connectivity index (χ4n) is 4.80. The average molecular weight is 632 g/mol. The molecule has 41 heavy (non-hydrogen) atoms. The Morgan fingerprint density at radius 1 is 1.02 bits per heavy atom. The van der Waals surface area contributed by atoms with Crippen LogP contribution in [0.2, 0.25) is 10.0 Å². The van der Waals surface area contributed by atoms with E-state index in [1.165, 1.54) is 0 Å². The maximum atomic E-state index is 13.4. The van der Waals surface area contributed by atoms with Crippen molar-refractivity contribution in [2.75, 3.05) is 45.9 Å². The fourth-order valence-corrected chi connectivity index (χ4v) is 6.03. The number of rotatable bonds is 7. The van der Waals surface area contributed by atoms with Gasteiger partial charge in [0.05, 0.1) is 16.1 Å². The van der Waals surface area contributed by atoms with Crippen molar-refractivity contribution < 1.29 is 23.6 Å². The second-order valence-corrected chi connectivity index (χ2v) is 15.3. The van der Waals surface area contributed by atoms with E-state index in [2.05, 4.69) is 11.3 Å². The van der Waals surface area contributed by atoms with Crippen molar-refractivity contribution in [1.82, 2.24) is 19.4 Å². The lowest BCUT2D eigenvalue weighted by Gasteiger charge is -2.41. The molecule has 0 aliphatic carbocycles. The molecule has 0 saturated carbocycles. The van der Waals surface area contributed by atoms with Crippen LogP contribution in [0, 0.1) is 5.92 Å². The lowest BCUT2D eigenvalue weighted by Crippen LogP contribution is -2.56. The molecule has 2 saturated heterocycles. The Balaban J connectivity index is 1.70. The van der Waals surface area contributed by atoms with E-state index in [0.717, 1.165) is 5.56 Å². The Kier molecular flexibility index (Phi) is 11.6. The number of nitrogens with zero attached hydrogens (tertiary/aromatic N) is 3. The summed E-state index contributed by atoms with van der Waals surface area (Å²) in [5.41, 5.74) is 0.220. The van der Waals surface area contributed by atoms with Crippen molar-refractivity contribution in [3.63, 3.8) is 0 Å². The maximum Gasteiger partial charge on any atom is 0.410 e. The van der Waals surface area contributed by atoms with Crippen molar-refractivity contribution in [3.8, 4) is 5.75 Å². The number of likely N-dealkylation sites (tertiary alicyclic amines) is 1. The molecule has 0 aromatic heterocycles. The molecule has 2 aliphatic heterocycles. The summed E-state index contributed by atoms with van der Waals surface area (Å²) in [4.78, 5) is 31.1. The molecule has 2 aliphatic rings. The summed E-state index contributed by atoms with van der Waals surface area (Å²) >= 11 is 11.4. The van der Waals surface area contributed by atoms with Gasteiger partial charge in [0, 0.05) is 62.3 Å². The van der Waals surface area contributed by atoms with Gasteiger partial charge in [0.15, 0.2) is 0 Å². The van der Waals surface area contributed by atoms with Crippen LogP contribution in [0.5, 0.6) is 5.75 Å². The normalized spacial score (nSPS) is 18.6. The lowest BCUT2D eigenvalue weighted by atomic mass is 9.85. The number of ether oxygens (including phenoxy) is 2. The number of nitrogens with one attached hydrogen (secondary N) is 1. The van der Waals surface area contributed by atoms with Crippen LogP contribution >= 0.6 is 23.2 Å². The SMILES string of the molecule is C=CCOc1cc(Cl)c(Cl)cc1C(N[S+]([O-])C(C)(C)C)C1CCN(C(=O)N2CCN(C(=O)OC(C)(C)C)CC2)CC1. The molecule has 2 fully saturated rings. The maximum absolute atomic E-state index is 13.4. The zero-order chi connectivity index (χ0) is 30.5. The van der Waals surface area contributed by atoms with Crippen molar-refractivity contribution in [3.05, 3.63) is 40.4 Å². The number of benzene rings is 1. The Morgan fingerprint density at radius 2 is 1.56 bits per heavy atom. The second-order valence-electron chi connectivity index (χ2n) is 12.4. The summed E-state index contributed by atoms with van der Waals surface area (Å²) in [7, 11) is 0. The van der Waals surface area contributed by atoms with Crippen LogP contribution in [0.15, 0.2) is 24.8 Å². The summed E-state index contributed by atoms with van der Waals surface area (Å²) in [5.74, 6) is 0.627. The number of piperazine rings is 1. The number of amides is 3. The van der Waals surface area contributed by atoms with Crippen molar-refractivity contribution in [1.29, 1.82) is 0 Å². The van der Waals surface area contributed by atoms with Crippen LogP contribution in [-0.4, -0.2) is 87.6 Å². The van der Waals surface area contributed by atoms with E-state index in [1.807, 2.05) is 46.4 Å². The average Bonchev–Trinajstić information content (AvgIpc) is 2.90. The predicted molar refractivity (Wildman–Crippen MR) is 165 cm³/mol. The molecule has 0 bridgehead atoms. The minimum atomic E-state index is -1.36. The van der Waals surface area contributed by atoms with Gasteiger partial charge in [-0.15, -0.1) is 4.72 Å². The molecule has 1 aromatic carbocycles. The van der Waals surface area contributed by atoms with Crippen LogP contribution in [0.4, 0.5) is 9.59 Å². The molecule has 230 valence electrons. The van der Waals surface area contributed by atoms with E-state index in [1.54, 1.807) is 28.0 Å². The quantitative estimate of drug-likeness (QED) is 0.292. The molecule has 1 aromatic rings. The summed E-state index contributed by atoms with van der Waals surface area (Å²) in [5, 5.41) is 0.761. The van der Waals surface area contributed by atoms with E-state index in [4.69, 9.17) is 32.7 Å². The van der Waals surface area contributed by atoms with Crippen molar-refractivity contribution >= 4 is 46.7 Å². The number of piperidine rings is 1. The first kappa shape index (κ1) is 33.6. The van der Waals surface area contributed by atoms with Crippen LogP contribution < -0.4 is 9.46 Å². The van der Waals surface area contributed by atoms with Gasteiger partial charge >= 0.3 is 12.1 Å². The molecule has 2 atom stereocenters. The van der Waals surface area contributed by atoms with Crippen LogP contribution in [0.1, 0.15) is 66.0 Å². The molecule has 0 radical (unpaired) electrons. The molecule has 2 heterocycles. The predicted octanol–water partition coefficient (Wildman–Crippen LogP) is 6.04. The van der Waals surface area contributed by atoms with Crippen LogP contribution in [-0.2, 0) is 16.1 Å². The van der Waals surface area contributed by atoms with E-state index in [-0.39, 0.29) is 30.7 Å². The summed E-state index contributed by atoms with van der Waals surface area (Å²) in [6.45, 7) is 18.2. The van der Waals surface area contributed by atoms with Crippen molar-refractivity contribution in [2.24, 2.45) is 5.92 Å². The monoisotopic (exact) mass is 630 g/mol. The standard InChI is InChI=1S/C29H44Cl2N4O5S/c1-8-17-39-24-19-23(31)22(30)18-21(24)25(32-41(38)29(5,6)7)20-9-11-33(12-10-20)26(36)34-13-15-35(16-14-34)27(37)40-28(2,3)4/h8,18-20,25,32H,1,9-17H2,2-7H3. The van der Waals surface area contributed by atoms with E-state index in [9.17, 15) is 14.1 Å². The van der Waals surface area contributed by atoms with Crippen molar-refractivity contribution in [2.45, 2.75) is 70.8 Å². The highest BCUT2D eigenvalue weighted by atomic mass is 35.5. The van der Waals surface area contributed by atoms with E-state index in [0.29, 0.717) is 67.9 Å². The van der Waals surface area contributed by atoms with Gasteiger partial charge in [0.2, 0.25) is 0 Å². The number of carbonyl (C=O) groups excluding carboxylic acids is 2. The highest BCUT2D eigenvalue weighted by Gasteiger charge is 2.38. The summed E-state index contributed by atoms with van der Waals surface area (Å²) < 4.78 is 27.5. The summed E-state index contributed by atoms with van der Waals surface area (Å²) in [6.07, 6.45) is 2.70. The fraction of sp³-hybridized carbons (Fsp3) is 0.655. The van der Waals surface area contributed by atoms with Gasteiger partial charge in [-0.2, -0.15) is 0 Å². The first-order valence-corrected chi connectivity index (χ1v) is 15.9. The van der Waals surface area contributed by atoms with E-state index >= 15 is 0 Å². The third-order valence-corrected chi connectivity index (χ3v) is 9.32. The Labute approximate surface area is 257 Å². The zero-order valence-corrected chi connectivity index (χ0v) is 27.3. The van der Waals surface area contributed by atoms with Crippen LogP contribution in [0.3, 0.4) is 0 Å². The highest BCUT2D eigenvalue weighted by Crippen LogP contribution is 2.41. The Bertz CT molecular complexity index is 1080. The largest absolute Gasteiger partial charge is 0.598 e. The number of hydrogen-bond acceptors (Lipinski definition) is 6. The minimum absolute atomic E-state index is 0.0281. The molecule has 3 amide bonds. The number of halogens is 2.